The number of rotatable bonds is 2. The SMILES string of the molecule is Cc1ccc(NC(=O)N2C3CCCC2C3)cc1-c1cn2nccc2cn1. The third kappa shape index (κ3) is 2.44. The maximum atomic E-state index is 12.7. The summed E-state index contributed by atoms with van der Waals surface area (Å²) in [5.74, 6) is 0. The van der Waals surface area contributed by atoms with Crippen molar-refractivity contribution >= 4 is 17.2 Å². The molecule has 2 saturated heterocycles. The molecule has 2 fully saturated rings. The van der Waals surface area contributed by atoms with Crippen molar-refractivity contribution < 1.29 is 4.79 Å². The van der Waals surface area contributed by atoms with Gasteiger partial charge in [0.1, 0.15) is 0 Å². The lowest BCUT2D eigenvalue weighted by Crippen LogP contribution is -2.62. The minimum Gasteiger partial charge on any atom is -0.318 e. The molecule has 0 spiro atoms. The summed E-state index contributed by atoms with van der Waals surface area (Å²) in [6.07, 6.45) is 10.2. The monoisotopic (exact) mass is 347 g/mol. The molecule has 6 heteroatoms. The van der Waals surface area contributed by atoms with E-state index in [1.54, 1.807) is 6.20 Å². The molecule has 4 heterocycles. The van der Waals surface area contributed by atoms with E-state index < -0.39 is 0 Å². The summed E-state index contributed by atoms with van der Waals surface area (Å²) in [6.45, 7) is 2.05. The largest absolute Gasteiger partial charge is 0.322 e. The van der Waals surface area contributed by atoms with E-state index >= 15 is 0 Å². The highest BCUT2D eigenvalue weighted by atomic mass is 16.2. The maximum absolute atomic E-state index is 12.7. The molecule has 0 radical (unpaired) electrons. The predicted molar refractivity (Wildman–Crippen MR) is 100 cm³/mol. The third-order valence-electron chi connectivity index (χ3n) is 5.69. The summed E-state index contributed by atoms with van der Waals surface area (Å²) in [7, 11) is 0. The maximum Gasteiger partial charge on any atom is 0.322 e. The second-order valence-corrected chi connectivity index (χ2v) is 7.31. The molecule has 2 unspecified atom stereocenters. The number of piperidine rings is 1. The number of nitrogens with one attached hydrogen (secondary N) is 1. The summed E-state index contributed by atoms with van der Waals surface area (Å²) in [5, 5.41) is 7.36. The molecule has 2 aliphatic heterocycles. The van der Waals surface area contributed by atoms with Gasteiger partial charge in [-0.25, -0.2) is 9.31 Å². The molecule has 1 N–H and O–H groups in total. The van der Waals surface area contributed by atoms with Gasteiger partial charge in [-0.2, -0.15) is 5.10 Å². The second kappa shape index (κ2) is 5.83. The molecule has 2 bridgehead atoms. The number of aryl methyl sites for hydroxylation is 1. The lowest BCUT2D eigenvalue weighted by Gasteiger charge is -2.52. The Bertz CT molecular complexity index is 981. The molecule has 0 aliphatic carbocycles. The Hall–Kier alpha value is -2.89. The van der Waals surface area contributed by atoms with Gasteiger partial charge in [0.25, 0.3) is 0 Å². The third-order valence-corrected chi connectivity index (χ3v) is 5.69. The number of nitrogens with zero attached hydrogens (tertiary/aromatic N) is 4. The fourth-order valence-electron chi connectivity index (χ4n) is 4.26. The summed E-state index contributed by atoms with van der Waals surface area (Å²) < 4.78 is 1.81. The van der Waals surface area contributed by atoms with Gasteiger partial charge in [-0.1, -0.05) is 6.07 Å². The molecule has 2 amide bonds. The van der Waals surface area contributed by atoms with E-state index in [1.165, 1.54) is 12.8 Å². The zero-order valence-corrected chi connectivity index (χ0v) is 14.7. The number of hydrogen-bond donors (Lipinski definition) is 1. The van der Waals surface area contributed by atoms with Crippen molar-refractivity contribution in [3.05, 3.63) is 48.4 Å². The predicted octanol–water partition coefficient (Wildman–Crippen LogP) is 3.86. The highest BCUT2D eigenvalue weighted by molar-refractivity contribution is 5.91. The lowest BCUT2D eigenvalue weighted by molar-refractivity contribution is 0.0173. The van der Waals surface area contributed by atoms with Crippen LogP contribution in [-0.2, 0) is 0 Å². The molecule has 2 atom stereocenters. The number of benzene rings is 1. The highest BCUT2D eigenvalue weighted by Gasteiger charge is 2.44. The first kappa shape index (κ1) is 15.4. The van der Waals surface area contributed by atoms with Crippen LogP contribution in [0.25, 0.3) is 16.8 Å². The van der Waals surface area contributed by atoms with Crippen molar-refractivity contribution in [1.82, 2.24) is 19.5 Å². The first-order valence-electron chi connectivity index (χ1n) is 9.19. The van der Waals surface area contributed by atoms with Gasteiger partial charge in [0.05, 0.1) is 29.8 Å². The molecular weight excluding hydrogens is 326 g/mol. The van der Waals surface area contributed by atoms with E-state index in [2.05, 4.69) is 22.3 Å². The van der Waals surface area contributed by atoms with E-state index in [0.29, 0.717) is 12.1 Å². The van der Waals surface area contributed by atoms with Gasteiger partial charge in [-0.3, -0.25) is 4.98 Å². The van der Waals surface area contributed by atoms with Crippen molar-refractivity contribution in [1.29, 1.82) is 0 Å². The fraction of sp³-hybridized carbons (Fsp3) is 0.350. The molecule has 6 nitrogen and oxygen atoms in total. The molecule has 26 heavy (non-hydrogen) atoms. The van der Waals surface area contributed by atoms with Crippen LogP contribution in [0.15, 0.2) is 42.9 Å². The van der Waals surface area contributed by atoms with E-state index in [0.717, 1.165) is 40.9 Å². The standard InChI is InChI=1S/C20H21N5O/c1-13-5-6-14(23-20(26)25-15-3-2-4-16(25)10-15)9-18(13)19-12-24-17(11-21-19)7-8-22-24/h5-9,11-12,15-16H,2-4,10H2,1H3,(H,23,26). The highest BCUT2D eigenvalue weighted by Crippen LogP contribution is 2.38. The average Bonchev–Trinajstić information content (AvgIpc) is 3.11. The minimum absolute atomic E-state index is 0.0243. The van der Waals surface area contributed by atoms with Crippen LogP contribution in [0.2, 0.25) is 0 Å². The Kier molecular flexibility index (Phi) is 3.45. The van der Waals surface area contributed by atoms with Gasteiger partial charge in [0.2, 0.25) is 0 Å². The van der Waals surface area contributed by atoms with E-state index in [-0.39, 0.29) is 6.03 Å². The number of amides is 2. The molecule has 2 aromatic heterocycles. The Morgan fingerprint density at radius 1 is 1.23 bits per heavy atom. The quantitative estimate of drug-likeness (QED) is 0.765. The molecule has 2 aliphatic rings. The van der Waals surface area contributed by atoms with E-state index in [1.807, 2.05) is 46.1 Å². The summed E-state index contributed by atoms with van der Waals surface area (Å²) in [6, 6.07) is 8.79. The number of carbonyl (C=O) groups is 1. The van der Waals surface area contributed by atoms with Gasteiger partial charge >= 0.3 is 6.03 Å². The second-order valence-electron chi connectivity index (χ2n) is 7.31. The summed E-state index contributed by atoms with van der Waals surface area (Å²) in [4.78, 5) is 19.2. The smallest absolute Gasteiger partial charge is 0.318 e. The van der Waals surface area contributed by atoms with Crippen molar-refractivity contribution in [3.8, 4) is 11.3 Å². The Morgan fingerprint density at radius 2 is 2.08 bits per heavy atom. The van der Waals surface area contributed by atoms with Crippen LogP contribution in [-0.4, -0.2) is 37.6 Å². The van der Waals surface area contributed by atoms with Crippen LogP contribution in [0.4, 0.5) is 10.5 Å². The molecule has 5 rings (SSSR count). The lowest BCUT2D eigenvalue weighted by atomic mass is 9.80. The number of urea groups is 1. The zero-order chi connectivity index (χ0) is 17.7. The Morgan fingerprint density at radius 3 is 2.88 bits per heavy atom. The summed E-state index contributed by atoms with van der Waals surface area (Å²) in [5.41, 5.74) is 4.73. The fourth-order valence-corrected chi connectivity index (χ4v) is 4.26. The topological polar surface area (TPSA) is 62.5 Å². The Labute approximate surface area is 151 Å². The molecule has 1 aromatic carbocycles. The van der Waals surface area contributed by atoms with E-state index in [9.17, 15) is 4.79 Å². The van der Waals surface area contributed by atoms with Crippen molar-refractivity contribution in [2.75, 3.05) is 5.32 Å². The molecule has 0 saturated carbocycles. The number of carbonyl (C=O) groups excluding carboxylic acids is 1. The van der Waals surface area contributed by atoms with Gasteiger partial charge in [-0.15, -0.1) is 0 Å². The van der Waals surface area contributed by atoms with Crippen LogP contribution in [0.3, 0.4) is 0 Å². The van der Waals surface area contributed by atoms with Gasteiger partial charge in [0.15, 0.2) is 0 Å². The normalized spacial score (nSPS) is 21.5. The van der Waals surface area contributed by atoms with Crippen molar-refractivity contribution in [3.63, 3.8) is 0 Å². The van der Waals surface area contributed by atoms with Crippen molar-refractivity contribution in [2.45, 2.75) is 44.7 Å². The first-order chi connectivity index (χ1) is 12.7. The molecule has 132 valence electrons. The van der Waals surface area contributed by atoms with Crippen LogP contribution >= 0.6 is 0 Å². The van der Waals surface area contributed by atoms with Gasteiger partial charge in [0, 0.05) is 23.3 Å². The van der Waals surface area contributed by atoms with Crippen LogP contribution in [0.1, 0.15) is 31.2 Å². The minimum atomic E-state index is 0.0243. The number of hydrogen-bond acceptors (Lipinski definition) is 3. The van der Waals surface area contributed by atoms with Crippen LogP contribution in [0.5, 0.6) is 0 Å². The van der Waals surface area contributed by atoms with Crippen LogP contribution in [0, 0.1) is 6.92 Å². The number of aromatic nitrogens is 3. The number of anilines is 1. The van der Waals surface area contributed by atoms with Crippen LogP contribution < -0.4 is 5.32 Å². The van der Waals surface area contributed by atoms with Crippen molar-refractivity contribution in [2.24, 2.45) is 0 Å². The molecular formula is C20H21N5O. The zero-order valence-electron chi connectivity index (χ0n) is 14.7. The first-order valence-corrected chi connectivity index (χ1v) is 9.19. The average molecular weight is 347 g/mol. The Balaban J connectivity index is 1.42. The van der Waals surface area contributed by atoms with E-state index in [4.69, 9.17) is 0 Å². The number of fused-ring (bicyclic) bond motifs is 3. The summed E-state index contributed by atoms with van der Waals surface area (Å²) >= 11 is 0. The van der Waals surface area contributed by atoms with Gasteiger partial charge in [-0.05, 0) is 56.4 Å². The molecule has 3 aromatic rings. The van der Waals surface area contributed by atoms with Gasteiger partial charge < -0.3 is 10.2 Å².